The Bertz CT molecular complexity index is 202. The van der Waals surface area contributed by atoms with Crippen LogP contribution in [0.5, 0.6) is 0 Å². The van der Waals surface area contributed by atoms with Crippen molar-refractivity contribution in [2.24, 2.45) is 0 Å². The molecule has 0 rings (SSSR count). The highest BCUT2D eigenvalue weighted by atomic mass is 31.1. The smallest absolute Gasteiger partial charge is 0.152 e. The van der Waals surface area contributed by atoms with Crippen molar-refractivity contribution in [3.63, 3.8) is 0 Å². The van der Waals surface area contributed by atoms with Crippen molar-refractivity contribution in [2.75, 3.05) is 6.61 Å². The van der Waals surface area contributed by atoms with Gasteiger partial charge in [0.15, 0.2) is 9.03 Å². The molecule has 0 aliphatic heterocycles. The Hall–Kier alpha value is 0.350. The molecule has 0 radical (unpaired) electrons. The maximum absolute atomic E-state index is 8.53. The van der Waals surface area contributed by atoms with Gasteiger partial charge >= 0.3 is 0 Å². The average Bonchev–Trinajstić information content (AvgIpc) is 2.63. The molecule has 1 N–H and O–H groups in total. The van der Waals surface area contributed by atoms with E-state index in [1.807, 2.05) is 0 Å². The fourth-order valence-electron chi connectivity index (χ4n) is 3.48. The minimum Gasteiger partial charge on any atom is -0.352 e. The number of unbranched alkanes of at least 4 members (excludes halogenated alkanes) is 19. The van der Waals surface area contributed by atoms with Crippen LogP contribution in [-0.2, 0) is 4.52 Å². The molecule has 0 aliphatic carbocycles. The first-order valence-corrected chi connectivity index (χ1v) is 12.3. The van der Waals surface area contributed by atoms with Crippen molar-refractivity contribution in [1.82, 2.24) is 0 Å². The fraction of sp³-hybridized carbons (Fsp3) is 1.00. The third-order valence-corrected chi connectivity index (χ3v) is 5.50. The van der Waals surface area contributed by atoms with Crippen LogP contribution in [0.15, 0.2) is 0 Å². The molecule has 152 valence electrons. The Morgan fingerprint density at radius 1 is 0.480 bits per heavy atom. The molecule has 25 heavy (non-hydrogen) atoms. The van der Waals surface area contributed by atoms with Gasteiger partial charge in [0.25, 0.3) is 0 Å². The molecule has 0 fully saturated rings. The van der Waals surface area contributed by atoms with Crippen molar-refractivity contribution in [1.29, 1.82) is 0 Å². The molecular weight excluding hydrogens is 327 g/mol. The monoisotopic (exact) mass is 374 g/mol. The summed E-state index contributed by atoms with van der Waals surface area (Å²) < 4.78 is 4.95. The van der Waals surface area contributed by atoms with Crippen molar-refractivity contribution in [3.8, 4) is 0 Å². The Morgan fingerprint density at radius 3 is 1.04 bits per heavy atom. The lowest BCUT2D eigenvalue weighted by Crippen LogP contribution is -1.86. The van der Waals surface area contributed by atoms with Crippen LogP contribution >= 0.6 is 9.03 Å². The molecule has 2 nitrogen and oxygen atoms in total. The lowest BCUT2D eigenvalue weighted by molar-refractivity contribution is 0.313. The molecule has 3 heteroatoms. The van der Waals surface area contributed by atoms with Crippen LogP contribution in [0.2, 0.25) is 0 Å². The zero-order chi connectivity index (χ0) is 18.3. The topological polar surface area (TPSA) is 29.5 Å². The van der Waals surface area contributed by atoms with Gasteiger partial charge < -0.3 is 9.42 Å². The van der Waals surface area contributed by atoms with Crippen LogP contribution in [-0.4, -0.2) is 11.5 Å². The molecule has 0 aromatic rings. The normalized spacial score (nSPS) is 11.8. The highest BCUT2D eigenvalue weighted by molar-refractivity contribution is 7.24. The van der Waals surface area contributed by atoms with Gasteiger partial charge in [0.05, 0.1) is 6.61 Å². The highest BCUT2D eigenvalue weighted by Crippen LogP contribution is 2.15. The van der Waals surface area contributed by atoms with E-state index in [4.69, 9.17) is 9.42 Å². The van der Waals surface area contributed by atoms with Crippen LogP contribution < -0.4 is 0 Å². The van der Waals surface area contributed by atoms with E-state index in [1.54, 1.807) is 0 Å². The summed E-state index contributed by atoms with van der Waals surface area (Å²) in [4.78, 5) is 8.53. The molecule has 0 heterocycles. The summed E-state index contributed by atoms with van der Waals surface area (Å²) in [5.74, 6) is 0. The molecule has 1 atom stereocenters. The molecule has 0 aromatic carbocycles. The van der Waals surface area contributed by atoms with Crippen molar-refractivity contribution in [2.45, 2.75) is 135 Å². The Labute approximate surface area is 160 Å². The van der Waals surface area contributed by atoms with E-state index >= 15 is 0 Å². The van der Waals surface area contributed by atoms with Crippen LogP contribution in [0, 0.1) is 0 Å². The molecule has 0 spiro atoms. The molecular formula is C22H47O2P. The summed E-state index contributed by atoms with van der Waals surface area (Å²) in [6.45, 7) is 3.02. The summed E-state index contributed by atoms with van der Waals surface area (Å²) in [6, 6.07) is 0. The van der Waals surface area contributed by atoms with E-state index in [0.29, 0.717) is 0 Å². The van der Waals surface area contributed by atoms with E-state index < -0.39 is 0 Å². The zero-order valence-electron chi connectivity index (χ0n) is 17.2. The summed E-state index contributed by atoms with van der Waals surface area (Å²) in [7, 11) is -0.332. The number of rotatable bonds is 22. The highest BCUT2D eigenvalue weighted by Gasteiger charge is 1.95. The molecule has 1 unspecified atom stereocenters. The number of hydrogen-bond donors (Lipinski definition) is 1. The predicted octanol–water partition coefficient (Wildman–Crippen LogP) is 8.33. The van der Waals surface area contributed by atoms with Gasteiger partial charge in [-0.05, 0) is 6.42 Å². The van der Waals surface area contributed by atoms with E-state index in [2.05, 4.69) is 6.92 Å². The van der Waals surface area contributed by atoms with E-state index in [0.717, 1.165) is 13.0 Å². The van der Waals surface area contributed by atoms with Gasteiger partial charge in [-0.15, -0.1) is 0 Å². The van der Waals surface area contributed by atoms with Crippen molar-refractivity contribution in [3.05, 3.63) is 0 Å². The van der Waals surface area contributed by atoms with Crippen LogP contribution in [0.3, 0.4) is 0 Å². The van der Waals surface area contributed by atoms with Gasteiger partial charge in [-0.3, -0.25) is 0 Å². The Morgan fingerprint density at radius 2 is 0.760 bits per heavy atom. The van der Waals surface area contributed by atoms with Crippen LogP contribution in [0.4, 0.5) is 0 Å². The first kappa shape index (κ1) is 25.4. The maximum Gasteiger partial charge on any atom is 0.152 e. The Balaban J connectivity index is 2.94. The SMILES string of the molecule is CCCCCCCCCCCCCCCCCCCCCCOPO. The van der Waals surface area contributed by atoms with Gasteiger partial charge in [0.2, 0.25) is 0 Å². The Kier molecular flexibility index (Phi) is 24.7. The van der Waals surface area contributed by atoms with Gasteiger partial charge in [0.1, 0.15) is 0 Å². The fourth-order valence-corrected chi connectivity index (χ4v) is 3.71. The maximum atomic E-state index is 8.53. The second-order valence-corrected chi connectivity index (χ2v) is 8.13. The second kappa shape index (κ2) is 24.4. The van der Waals surface area contributed by atoms with Gasteiger partial charge in [0, 0.05) is 0 Å². The lowest BCUT2D eigenvalue weighted by Gasteiger charge is -2.04. The van der Waals surface area contributed by atoms with Gasteiger partial charge in [-0.1, -0.05) is 129 Å². The quantitative estimate of drug-likeness (QED) is 0.152. The summed E-state index contributed by atoms with van der Waals surface area (Å²) >= 11 is 0. The van der Waals surface area contributed by atoms with Crippen molar-refractivity contribution >= 4 is 9.03 Å². The van der Waals surface area contributed by atoms with Crippen LogP contribution in [0.1, 0.15) is 135 Å². The average molecular weight is 375 g/mol. The molecule has 0 aromatic heterocycles. The predicted molar refractivity (Wildman–Crippen MR) is 114 cm³/mol. The number of hydrogen-bond acceptors (Lipinski definition) is 2. The summed E-state index contributed by atoms with van der Waals surface area (Å²) in [6.07, 6.45) is 28.2. The standard InChI is InChI=1S/C22H47O2P/c1-2-3-4-5-6-7-8-9-10-11-12-13-14-15-16-17-18-19-20-21-22-24-25-23/h23,25H,2-22H2,1H3. The third-order valence-electron chi connectivity index (χ3n) is 5.16. The van der Waals surface area contributed by atoms with E-state index in [1.165, 1.54) is 122 Å². The minimum atomic E-state index is -0.332. The third kappa shape index (κ3) is 24.4. The molecule has 0 aliphatic rings. The van der Waals surface area contributed by atoms with E-state index in [-0.39, 0.29) is 9.03 Å². The molecule has 0 saturated heterocycles. The molecule has 0 bridgehead atoms. The lowest BCUT2D eigenvalue weighted by atomic mass is 10.0. The summed E-state index contributed by atoms with van der Waals surface area (Å²) in [5, 5.41) is 0. The second-order valence-electron chi connectivity index (χ2n) is 7.66. The summed E-state index contributed by atoms with van der Waals surface area (Å²) in [5.41, 5.74) is 0. The first-order chi connectivity index (χ1) is 12.4. The van der Waals surface area contributed by atoms with E-state index in [9.17, 15) is 0 Å². The largest absolute Gasteiger partial charge is 0.352 e. The first-order valence-electron chi connectivity index (χ1n) is 11.4. The molecule has 0 amide bonds. The minimum absolute atomic E-state index is 0.332. The van der Waals surface area contributed by atoms with Crippen molar-refractivity contribution < 1.29 is 9.42 Å². The molecule has 0 saturated carbocycles. The van der Waals surface area contributed by atoms with Gasteiger partial charge in [-0.2, -0.15) is 0 Å². The zero-order valence-corrected chi connectivity index (χ0v) is 18.2. The van der Waals surface area contributed by atoms with Gasteiger partial charge in [-0.25, -0.2) is 0 Å². The van der Waals surface area contributed by atoms with Crippen LogP contribution in [0.25, 0.3) is 0 Å².